The first-order valence-corrected chi connectivity index (χ1v) is 11.2. The number of alkyl halides is 5. The van der Waals surface area contributed by atoms with Gasteiger partial charge in [0.2, 0.25) is 11.3 Å². The van der Waals surface area contributed by atoms with E-state index in [1.165, 1.54) is 71.5 Å². The lowest BCUT2D eigenvalue weighted by atomic mass is 10.2. The molecule has 2 aromatic carbocycles. The van der Waals surface area contributed by atoms with Gasteiger partial charge in [0, 0.05) is 24.4 Å². The molecule has 5 rings (SSSR count). The van der Waals surface area contributed by atoms with Crippen molar-refractivity contribution in [1.29, 1.82) is 0 Å². The molecule has 0 saturated carbocycles. The number of hydrogen-bond acceptors (Lipinski definition) is 6. The van der Waals surface area contributed by atoms with E-state index in [1.807, 2.05) is 0 Å². The van der Waals surface area contributed by atoms with Gasteiger partial charge < -0.3 is 9.47 Å². The lowest BCUT2D eigenvalue weighted by Gasteiger charge is -2.15. The molecule has 0 bridgehead atoms. The zero-order chi connectivity index (χ0) is 27.7. The minimum Gasteiger partial charge on any atom is -0.494 e. The Hall–Kier alpha value is -5.01. The molecule has 39 heavy (non-hydrogen) atoms. The van der Waals surface area contributed by atoms with Crippen LogP contribution in [-0.2, 0) is 6.18 Å². The molecule has 0 spiro atoms. The van der Waals surface area contributed by atoms with Crippen molar-refractivity contribution in [2.45, 2.75) is 12.8 Å². The maximum absolute atomic E-state index is 13.3. The van der Waals surface area contributed by atoms with Gasteiger partial charge in [0.15, 0.2) is 5.69 Å². The smallest absolute Gasteiger partial charge is 0.416 e. The Morgan fingerprint density at radius 3 is 2.38 bits per heavy atom. The van der Waals surface area contributed by atoms with Crippen LogP contribution in [0.2, 0.25) is 0 Å². The molecule has 0 amide bonds. The van der Waals surface area contributed by atoms with Crippen LogP contribution < -0.4 is 14.9 Å². The fraction of sp³-hybridized carbons (Fsp3) is 0.120. The van der Waals surface area contributed by atoms with Gasteiger partial charge in [-0.05, 0) is 36.4 Å². The van der Waals surface area contributed by atoms with Gasteiger partial charge in [-0.2, -0.15) is 37.2 Å². The van der Waals surface area contributed by atoms with E-state index in [0.717, 1.165) is 16.8 Å². The number of ether oxygens (including phenoxy) is 2. The summed E-state index contributed by atoms with van der Waals surface area (Å²) >= 11 is 0. The van der Waals surface area contributed by atoms with Crippen LogP contribution in [0.15, 0.2) is 84.0 Å². The first kappa shape index (κ1) is 25.6. The lowest BCUT2D eigenvalue weighted by molar-refractivity contribution is -0.137. The number of rotatable bonds is 7. The fourth-order valence-corrected chi connectivity index (χ4v) is 3.87. The Labute approximate surface area is 216 Å². The summed E-state index contributed by atoms with van der Waals surface area (Å²) < 4.78 is 78.8. The molecule has 9 nitrogen and oxygen atoms in total. The van der Waals surface area contributed by atoms with Crippen molar-refractivity contribution in [2.75, 3.05) is 7.11 Å². The summed E-state index contributed by atoms with van der Waals surface area (Å²) in [5, 5.41) is 12.5. The van der Waals surface area contributed by atoms with Gasteiger partial charge in [-0.25, -0.2) is 14.0 Å². The summed E-state index contributed by atoms with van der Waals surface area (Å²) in [6, 6.07) is 13.1. The second-order valence-corrected chi connectivity index (χ2v) is 7.97. The second kappa shape index (κ2) is 10.0. The van der Waals surface area contributed by atoms with Gasteiger partial charge in [0.25, 0.3) is 0 Å². The molecule has 3 heterocycles. The number of methoxy groups -OCH3 is 1. The van der Waals surface area contributed by atoms with E-state index < -0.39 is 23.8 Å². The van der Waals surface area contributed by atoms with Crippen molar-refractivity contribution in [3.05, 3.63) is 95.0 Å². The van der Waals surface area contributed by atoms with Crippen molar-refractivity contribution in [3.63, 3.8) is 0 Å². The van der Waals surface area contributed by atoms with Gasteiger partial charge in [-0.1, -0.05) is 6.07 Å². The molecule has 0 atom stereocenters. The van der Waals surface area contributed by atoms with Gasteiger partial charge in [0.1, 0.15) is 11.4 Å². The zero-order valence-corrected chi connectivity index (χ0v) is 19.9. The summed E-state index contributed by atoms with van der Waals surface area (Å²) in [6.45, 7) is -3.05. The molecular weight excluding hydrogens is 527 g/mol. The van der Waals surface area contributed by atoms with Crippen LogP contribution in [0.1, 0.15) is 5.56 Å². The number of halogens is 5. The second-order valence-electron chi connectivity index (χ2n) is 7.97. The van der Waals surface area contributed by atoms with Crippen LogP contribution in [0.5, 0.6) is 11.6 Å². The van der Waals surface area contributed by atoms with Crippen LogP contribution in [0.25, 0.3) is 28.5 Å². The average Bonchev–Trinajstić information content (AvgIpc) is 3.58. The van der Waals surface area contributed by atoms with Gasteiger partial charge in [-0.15, -0.1) is 0 Å². The average molecular weight is 544 g/mol. The van der Waals surface area contributed by atoms with E-state index in [1.54, 1.807) is 12.1 Å². The van der Waals surface area contributed by atoms with Crippen LogP contribution >= 0.6 is 0 Å². The largest absolute Gasteiger partial charge is 0.494 e. The molecule has 14 heteroatoms. The predicted octanol–water partition coefficient (Wildman–Crippen LogP) is 4.90. The monoisotopic (exact) mass is 544 g/mol. The molecule has 5 aromatic rings. The topological polar surface area (TPSA) is 89.0 Å². The highest BCUT2D eigenvalue weighted by molar-refractivity contribution is 5.59. The minimum absolute atomic E-state index is 0.0850. The predicted molar refractivity (Wildman–Crippen MR) is 128 cm³/mol. The molecule has 0 aliphatic carbocycles. The Morgan fingerprint density at radius 2 is 1.64 bits per heavy atom. The van der Waals surface area contributed by atoms with E-state index in [2.05, 4.69) is 20.0 Å². The molecule has 0 fully saturated rings. The molecule has 0 radical (unpaired) electrons. The van der Waals surface area contributed by atoms with Crippen molar-refractivity contribution in [1.82, 2.24) is 29.3 Å². The highest BCUT2D eigenvalue weighted by Crippen LogP contribution is 2.31. The molecule has 0 saturated heterocycles. The number of nitrogens with zero attached hydrogens (tertiary/aromatic N) is 6. The van der Waals surface area contributed by atoms with Gasteiger partial charge in [0.05, 0.1) is 42.1 Å². The van der Waals surface area contributed by atoms with Crippen molar-refractivity contribution in [2.24, 2.45) is 0 Å². The van der Waals surface area contributed by atoms with Gasteiger partial charge >= 0.3 is 12.8 Å². The van der Waals surface area contributed by atoms with Crippen LogP contribution in [0.3, 0.4) is 0 Å². The third-order valence-electron chi connectivity index (χ3n) is 5.58. The Bertz CT molecular complexity index is 1690. The first-order chi connectivity index (χ1) is 18.7. The fourth-order valence-electron chi connectivity index (χ4n) is 3.87. The molecule has 0 aliphatic heterocycles. The Morgan fingerprint density at radius 1 is 0.897 bits per heavy atom. The Balaban J connectivity index is 1.56. The van der Waals surface area contributed by atoms with E-state index in [0.29, 0.717) is 11.4 Å². The van der Waals surface area contributed by atoms with Crippen LogP contribution in [-0.4, -0.2) is 43.1 Å². The van der Waals surface area contributed by atoms with E-state index in [-0.39, 0.29) is 28.7 Å². The third-order valence-corrected chi connectivity index (χ3v) is 5.58. The zero-order valence-electron chi connectivity index (χ0n) is 19.9. The van der Waals surface area contributed by atoms with Crippen molar-refractivity contribution < 1.29 is 31.4 Å². The normalized spacial score (nSPS) is 11.7. The maximum atomic E-state index is 13.3. The lowest BCUT2D eigenvalue weighted by Crippen LogP contribution is -2.15. The minimum atomic E-state index is -4.56. The summed E-state index contributed by atoms with van der Waals surface area (Å²) in [4.78, 5) is 12.8. The number of aromatic nitrogens is 6. The summed E-state index contributed by atoms with van der Waals surface area (Å²) in [6.07, 6.45) is -0.548. The SMILES string of the molecule is COc1cc(-n2nccc2OC(F)F)ccc1-n1ccc(=O)c(-c2ccnn2-c2cccc(C(F)(F)F)c2)n1. The quantitative estimate of drug-likeness (QED) is 0.271. The highest BCUT2D eigenvalue weighted by atomic mass is 19.4. The Kier molecular flexibility index (Phi) is 6.60. The van der Waals surface area contributed by atoms with Crippen LogP contribution in [0.4, 0.5) is 22.0 Å². The highest BCUT2D eigenvalue weighted by Gasteiger charge is 2.31. The van der Waals surface area contributed by atoms with Gasteiger partial charge in [-0.3, -0.25) is 4.79 Å². The summed E-state index contributed by atoms with van der Waals surface area (Å²) in [5.41, 5.74) is -0.488. The molecule has 3 aromatic heterocycles. The standard InChI is InChI=1S/C25H17F5N6O3/c1-38-21-14-17(36-22(8-11-32-36)39-24(26)27)5-6-18(21)34-12-9-20(37)23(33-34)19-7-10-31-35(19)16-4-2-3-15(13-16)25(28,29)30/h2-14,24H,1H3. The maximum Gasteiger partial charge on any atom is 0.416 e. The van der Waals surface area contributed by atoms with Crippen molar-refractivity contribution >= 4 is 0 Å². The molecule has 0 unspecified atom stereocenters. The van der Waals surface area contributed by atoms with E-state index in [9.17, 15) is 26.7 Å². The number of hydrogen-bond donors (Lipinski definition) is 0. The molecule has 200 valence electrons. The van der Waals surface area contributed by atoms with Crippen LogP contribution in [0, 0.1) is 0 Å². The molecule has 0 aliphatic rings. The first-order valence-electron chi connectivity index (χ1n) is 11.2. The van der Waals surface area contributed by atoms with E-state index in [4.69, 9.17) is 4.74 Å². The molecule has 0 N–H and O–H groups in total. The third kappa shape index (κ3) is 5.08. The molecular formula is C25H17F5N6O3. The van der Waals surface area contributed by atoms with Crippen molar-refractivity contribution in [3.8, 4) is 40.1 Å². The number of benzene rings is 2. The van der Waals surface area contributed by atoms with E-state index >= 15 is 0 Å². The summed E-state index contributed by atoms with van der Waals surface area (Å²) in [5.74, 6) is 0.0610. The summed E-state index contributed by atoms with van der Waals surface area (Å²) in [7, 11) is 1.38.